The van der Waals surface area contributed by atoms with Crippen LogP contribution >= 0.6 is 24.0 Å². The van der Waals surface area contributed by atoms with Crippen LogP contribution in [0.4, 0.5) is 0 Å². The predicted molar refractivity (Wildman–Crippen MR) is 141 cm³/mol. The van der Waals surface area contributed by atoms with Gasteiger partial charge in [-0.15, -0.1) is 24.0 Å². The molecule has 3 rings (SSSR count). The highest BCUT2D eigenvalue weighted by molar-refractivity contribution is 14.0. The second kappa shape index (κ2) is 13.1. The maximum Gasteiger partial charge on any atom is 0.191 e. The maximum atomic E-state index is 5.28. The van der Waals surface area contributed by atoms with Crippen molar-refractivity contribution in [2.75, 3.05) is 34.8 Å². The van der Waals surface area contributed by atoms with Crippen molar-refractivity contribution in [3.05, 3.63) is 83.7 Å². The Bertz CT molecular complexity index is 957. The van der Waals surface area contributed by atoms with Gasteiger partial charge < -0.3 is 20.3 Å². The van der Waals surface area contributed by atoms with E-state index in [0.29, 0.717) is 6.54 Å². The van der Waals surface area contributed by atoms with E-state index in [2.05, 4.69) is 76.1 Å². The lowest BCUT2D eigenvalue weighted by atomic mass is 10.1. The average Bonchev–Trinajstić information content (AvgIpc) is 3.30. The van der Waals surface area contributed by atoms with E-state index in [0.717, 1.165) is 24.8 Å². The number of hydrogen-bond donors (Lipinski definition) is 2. The molecule has 0 amide bonds. The van der Waals surface area contributed by atoms with Crippen molar-refractivity contribution in [1.29, 1.82) is 0 Å². The Hall–Kier alpha value is -2.59. The molecule has 0 aliphatic heterocycles. The summed E-state index contributed by atoms with van der Waals surface area (Å²) >= 11 is 0. The summed E-state index contributed by atoms with van der Waals surface area (Å²) in [7, 11) is 7.64. The molecule has 0 radical (unpaired) electrons. The fraction of sp³-hybridized carbons (Fsp3) is 0.333. The Balaban J connectivity index is 0.00000363. The third-order valence-electron chi connectivity index (χ3n) is 5.27. The quantitative estimate of drug-likeness (QED) is 0.244. The minimum atomic E-state index is 0. The second-order valence-electron chi connectivity index (χ2n) is 7.53. The Labute approximate surface area is 207 Å². The van der Waals surface area contributed by atoms with Crippen LogP contribution in [0.3, 0.4) is 0 Å². The van der Waals surface area contributed by atoms with Gasteiger partial charge in [0.25, 0.3) is 0 Å². The van der Waals surface area contributed by atoms with Crippen LogP contribution in [0.2, 0.25) is 0 Å². The molecule has 1 aromatic heterocycles. The smallest absolute Gasteiger partial charge is 0.191 e. The van der Waals surface area contributed by atoms with Crippen LogP contribution in [-0.2, 0) is 13.1 Å². The third-order valence-corrected chi connectivity index (χ3v) is 5.27. The van der Waals surface area contributed by atoms with Gasteiger partial charge in [0.2, 0.25) is 0 Å². The van der Waals surface area contributed by atoms with Crippen molar-refractivity contribution in [2.45, 2.75) is 19.1 Å². The number of likely N-dealkylation sites (N-methyl/N-ethyl adjacent to an activating group) is 1. The zero-order valence-corrected chi connectivity index (χ0v) is 21.5. The topological polar surface area (TPSA) is 66.7 Å². The molecule has 0 aliphatic rings. The first-order chi connectivity index (χ1) is 15.1. The standard InChI is InChI=1S/C24H32N6O.HI/c1-25-24(27-17-23(29(2)3)19-10-12-22(31-4)13-11-19)26-16-20-8-5-6-9-21(20)18-30-15-7-14-28-30;/h5-15,23H,16-18H2,1-4H3,(H2,25,26,27);1H. The molecule has 1 atom stereocenters. The van der Waals surface area contributed by atoms with Crippen LogP contribution in [0, 0.1) is 0 Å². The van der Waals surface area contributed by atoms with E-state index >= 15 is 0 Å². The van der Waals surface area contributed by atoms with Crippen LogP contribution < -0.4 is 15.4 Å². The van der Waals surface area contributed by atoms with Crippen molar-refractivity contribution in [3.63, 3.8) is 0 Å². The van der Waals surface area contributed by atoms with Gasteiger partial charge in [0.15, 0.2) is 5.96 Å². The summed E-state index contributed by atoms with van der Waals surface area (Å²) in [5.41, 5.74) is 3.68. The van der Waals surface area contributed by atoms with Gasteiger partial charge in [-0.05, 0) is 49.0 Å². The molecule has 172 valence electrons. The van der Waals surface area contributed by atoms with E-state index in [9.17, 15) is 0 Å². The molecule has 32 heavy (non-hydrogen) atoms. The molecule has 1 heterocycles. The van der Waals surface area contributed by atoms with Crippen LogP contribution in [0.15, 0.2) is 72.0 Å². The van der Waals surface area contributed by atoms with Gasteiger partial charge >= 0.3 is 0 Å². The molecule has 1 unspecified atom stereocenters. The maximum absolute atomic E-state index is 5.28. The number of aliphatic imine (C=N–C) groups is 1. The number of nitrogens with one attached hydrogen (secondary N) is 2. The van der Waals surface area contributed by atoms with Crippen molar-refractivity contribution in [1.82, 2.24) is 25.3 Å². The molecule has 8 heteroatoms. The Morgan fingerprint density at radius 1 is 1.06 bits per heavy atom. The van der Waals surface area contributed by atoms with Crippen LogP contribution in [0.5, 0.6) is 5.75 Å². The van der Waals surface area contributed by atoms with Crippen molar-refractivity contribution < 1.29 is 4.74 Å². The molecule has 2 N–H and O–H groups in total. The van der Waals surface area contributed by atoms with Crippen LogP contribution in [-0.4, -0.2) is 55.4 Å². The van der Waals surface area contributed by atoms with Crippen LogP contribution in [0.1, 0.15) is 22.7 Å². The summed E-state index contributed by atoms with van der Waals surface area (Å²) in [6, 6.07) is 18.7. The predicted octanol–water partition coefficient (Wildman–Crippen LogP) is 3.53. The van der Waals surface area contributed by atoms with E-state index in [-0.39, 0.29) is 30.0 Å². The zero-order chi connectivity index (χ0) is 22.1. The Morgan fingerprint density at radius 3 is 2.38 bits per heavy atom. The summed E-state index contributed by atoms with van der Waals surface area (Å²) in [6.45, 7) is 2.16. The SMILES string of the molecule is CN=C(NCc1ccccc1Cn1cccn1)NCC(c1ccc(OC)cc1)N(C)C.I. The van der Waals surface area contributed by atoms with Gasteiger partial charge in [0.05, 0.1) is 19.7 Å². The summed E-state index contributed by atoms with van der Waals surface area (Å²) in [5.74, 6) is 1.63. The Kier molecular flexibility index (Phi) is 10.5. The zero-order valence-electron chi connectivity index (χ0n) is 19.2. The first-order valence-corrected chi connectivity index (χ1v) is 10.4. The average molecular weight is 548 g/mol. The number of nitrogens with zero attached hydrogens (tertiary/aromatic N) is 4. The highest BCUT2D eigenvalue weighted by Gasteiger charge is 2.15. The molecule has 3 aromatic rings. The normalized spacial score (nSPS) is 12.2. The minimum Gasteiger partial charge on any atom is -0.497 e. The monoisotopic (exact) mass is 548 g/mol. The molecule has 0 saturated heterocycles. The summed E-state index contributed by atoms with van der Waals surface area (Å²) in [4.78, 5) is 6.60. The Morgan fingerprint density at radius 2 is 1.78 bits per heavy atom. The number of ether oxygens (including phenoxy) is 1. The first kappa shape index (κ1) is 25.7. The molecule has 0 saturated carbocycles. The summed E-state index contributed by atoms with van der Waals surface area (Å²) in [5, 5.41) is 11.2. The minimum absolute atomic E-state index is 0. The van der Waals surface area contributed by atoms with E-state index < -0.39 is 0 Å². The first-order valence-electron chi connectivity index (χ1n) is 10.4. The van der Waals surface area contributed by atoms with Gasteiger partial charge in [-0.1, -0.05) is 36.4 Å². The highest BCUT2D eigenvalue weighted by atomic mass is 127. The molecule has 0 aliphatic carbocycles. The van der Waals surface area contributed by atoms with Gasteiger partial charge in [-0.25, -0.2) is 0 Å². The van der Waals surface area contributed by atoms with Gasteiger partial charge in [-0.2, -0.15) is 5.10 Å². The van der Waals surface area contributed by atoms with E-state index in [1.807, 2.05) is 29.1 Å². The van der Waals surface area contributed by atoms with E-state index in [1.165, 1.54) is 16.7 Å². The highest BCUT2D eigenvalue weighted by Crippen LogP contribution is 2.20. The molecule has 0 spiro atoms. The third kappa shape index (κ3) is 7.23. The van der Waals surface area contributed by atoms with Crippen molar-refractivity contribution >= 4 is 29.9 Å². The number of benzene rings is 2. The lowest BCUT2D eigenvalue weighted by Gasteiger charge is -2.26. The summed E-state index contributed by atoms with van der Waals surface area (Å²) in [6.07, 6.45) is 3.78. The number of hydrogen-bond acceptors (Lipinski definition) is 4. The number of guanidine groups is 1. The molecule has 7 nitrogen and oxygen atoms in total. The molecular formula is C24H33IN6O. The van der Waals surface area contributed by atoms with Crippen molar-refractivity contribution in [3.8, 4) is 5.75 Å². The fourth-order valence-electron chi connectivity index (χ4n) is 3.47. The summed E-state index contributed by atoms with van der Waals surface area (Å²) < 4.78 is 7.21. The molecule has 0 bridgehead atoms. The molecule has 2 aromatic carbocycles. The largest absolute Gasteiger partial charge is 0.497 e. The number of methoxy groups -OCH3 is 1. The lowest BCUT2D eigenvalue weighted by Crippen LogP contribution is -2.41. The lowest BCUT2D eigenvalue weighted by molar-refractivity contribution is 0.298. The molecular weight excluding hydrogens is 515 g/mol. The van der Waals surface area contributed by atoms with Gasteiger partial charge in [0, 0.05) is 32.5 Å². The number of rotatable bonds is 9. The van der Waals surface area contributed by atoms with Gasteiger partial charge in [-0.3, -0.25) is 9.67 Å². The number of aromatic nitrogens is 2. The van der Waals surface area contributed by atoms with Crippen LogP contribution in [0.25, 0.3) is 0 Å². The van der Waals surface area contributed by atoms with Crippen molar-refractivity contribution in [2.24, 2.45) is 4.99 Å². The van der Waals surface area contributed by atoms with E-state index in [1.54, 1.807) is 20.4 Å². The fourth-order valence-corrected chi connectivity index (χ4v) is 3.47. The molecule has 0 fully saturated rings. The van der Waals surface area contributed by atoms with E-state index in [4.69, 9.17) is 4.74 Å². The number of halogens is 1. The van der Waals surface area contributed by atoms with Gasteiger partial charge in [0.1, 0.15) is 5.75 Å². The second-order valence-corrected chi connectivity index (χ2v) is 7.53.